The maximum absolute atomic E-state index is 10.7. The van der Waals surface area contributed by atoms with Crippen LogP contribution in [0.25, 0.3) is 0 Å². The Morgan fingerprint density at radius 2 is 1.90 bits per heavy atom. The van der Waals surface area contributed by atoms with Crippen molar-refractivity contribution in [3.05, 3.63) is 0 Å². The molecule has 1 aliphatic rings. The highest BCUT2D eigenvalue weighted by Gasteiger charge is 2.28. The highest BCUT2D eigenvalue weighted by molar-refractivity contribution is 5.64. The zero-order chi connectivity index (χ0) is 7.45. The van der Waals surface area contributed by atoms with Gasteiger partial charge in [-0.1, -0.05) is 19.3 Å². The van der Waals surface area contributed by atoms with Gasteiger partial charge in [-0.25, -0.2) is 0 Å². The number of carbonyl (C=O) groups excluding carboxylic acids is 1. The largest absolute Gasteiger partial charge is 0.308 e. The second-order valence-electron chi connectivity index (χ2n) is 3.08. The molecule has 58 valence electrons. The molecule has 0 aromatic heterocycles. The van der Waals surface area contributed by atoms with Gasteiger partial charge in [0.2, 0.25) is 0 Å². The zero-order valence-electron chi connectivity index (χ0n) is 6.52. The van der Waals surface area contributed by atoms with Crippen molar-refractivity contribution in [1.29, 1.82) is 0 Å². The minimum Gasteiger partial charge on any atom is -0.308 e. The average Bonchev–Trinajstić information content (AvgIpc) is 2.06. The Hall–Kier alpha value is -0.370. The highest BCUT2D eigenvalue weighted by atomic mass is 16.1. The van der Waals surface area contributed by atoms with E-state index in [0.29, 0.717) is 0 Å². The van der Waals surface area contributed by atoms with Crippen LogP contribution in [0.2, 0.25) is 0 Å². The van der Waals surface area contributed by atoms with Gasteiger partial charge in [0.15, 0.2) is 0 Å². The van der Waals surface area contributed by atoms with Crippen LogP contribution in [0.4, 0.5) is 0 Å². The number of aldehydes is 1. The number of hydrogen-bond donors (Lipinski definition) is 1. The summed E-state index contributed by atoms with van der Waals surface area (Å²) in [5.74, 6) is 0. The van der Waals surface area contributed by atoms with Gasteiger partial charge in [0, 0.05) is 0 Å². The maximum atomic E-state index is 10.7. The van der Waals surface area contributed by atoms with E-state index in [1.54, 1.807) is 0 Å². The smallest absolute Gasteiger partial charge is 0.140 e. The Bertz CT molecular complexity index is 116. The molecule has 0 aromatic carbocycles. The van der Waals surface area contributed by atoms with Crippen LogP contribution >= 0.6 is 0 Å². The minimum atomic E-state index is -0.168. The molecule has 0 amide bonds. The summed E-state index contributed by atoms with van der Waals surface area (Å²) in [5.41, 5.74) is -0.168. The van der Waals surface area contributed by atoms with Crippen LogP contribution in [-0.2, 0) is 4.79 Å². The molecule has 2 nitrogen and oxygen atoms in total. The summed E-state index contributed by atoms with van der Waals surface area (Å²) in [6.07, 6.45) is 6.79. The molecule has 0 saturated heterocycles. The average molecular weight is 141 g/mol. The summed E-state index contributed by atoms with van der Waals surface area (Å²) in [5, 5.41) is 3.10. The lowest BCUT2D eigenvalue weighted by Crippen LogP contribution is -2.45. The van der Waals surface area contributed by atoms with E-state index in [9.17, 15) is 4.79 Å². The molecule has 0 aliphatic heterocycles. The molecule has 2 heteroatoms. The monoisotopic (exact) mass is 141 g/mol. The Balaban J connectivity index is 2.52. The lowest BCUT2D eigenvalue weighted by Gasteiger charge is -2.31. The zero-order valence-corrected chi connectivity index (χ0v) is 6.52. The number of carbonyl (C=O) groups is 1. The Morgan fingerprint density at radius 1 is 1.30 bits per heavy atom. The first-order valence-corrected chi connectivity index (χ1v) is 3.98. The SMILES string of the molecule is CNC1(C=O)CCCCC1. The third-order valence-electron chi connectivity index (χ3n) is 2.47. The lowest BCUT2D eigenvalue weighted by atomic mass is 9.83. The van der Waals surface area contributed by atoms with E-state index >= 15 is 0 Å². The Labute approximate surface area is 62.0 Å². The van der Waals surface area contributed by atoms with E-state index < -0.39 is 0 Å². The number of rotatable bonds is 2. The molecular weight excluding hydrogens is 126 g/mol. The molecule has 0 heterocycles. The summed E-state index contributed by atoms with van der Waals surface area (Å²) >= 11 is 0. The van der Waals surface area contributed by atoms with Gasteiger partial charge < -0.3 is 10.1 Å². The van der Waals surface area contributed by atoms with Gasteiger partial charge in [0.05, 0.1) is 5.54 Å². The molecule has 0 bridgehead atoms. The predicted octanol–water partition coefficient (Wildman–Crippen LogP) is 1.11. The van der Waals surface area contributed by atoms with Crippen LogP contribution in [0.5, 0.6) is 0 Å². The number of hydrogen-bond acceptors (Lipinski definition) is 2. The normalized spacial score (nSPS) is 24.1. The maximum Gasteiger partial charge on any atom is 0.140 e. The fourth-order valence-electron chi connectivity index (χ4n) is 1.61. The highest BCUT2D eigenvalue weighted by Crippen LogP contribution is 2.25. The van der Waals surface area contributed by atoms with Crippen LogP contribution in [-0.4, -0.2) is 18.9 Å². The van der Waals surface area contributed by atoms with Gasteiger partial charge in [-0.2, -0.15) is 0 Å². The van der Waals surface area contributed by atoms with Crippen LogP contribution in [0.15, 0.2) is 0 Å². The fraction of sp³-hybridized carbons (Fsp3) is 0.875. The van der Waals surface area contributed by atoms with Gasteiger partial charge in [-0.05, 0) is 19.9 Å². The van der Waals surface area contributed by atoms with Crippen molar-refractivity contribution in [3.63, 3.8) is 0 Å². The second-order valence-corrected chi connectivity index (χ2v) is 3.08. The van der Waals surface area contributed by atoms with Crippen molar-refractivity contribution in [2.24, 2.45) is 0 Å². The van der Waals surface area contributed by atoms with Gasteiger partial charge in [0.25, 0.3) is 0 Å². The third-order valence-corrected chi connectivity index (χ3v) is 2.47. The van der Waals surface area contributed by atoms with Gasteiger partial charge in [-0.3, -0.25) is 0 Å². The van der Waals surface area contributed by atoms with Crippen molar-refractivity contribution in [3.8, 4) is 0 Å². The van der Waals surface area contributed by atoms with Crippen molar-refractivity contribution in [1.82, 2.24) is 5.32 Å². The van der Waals surface area contributed by atoms with E-state index in [1.807, 2.05) is 7.05 Å². The summed E-state index contributed by atoms with van der Waals surface area (Å²) in [4.78, 5) is 10.7. The van der Waals surface area contributed by atoms with Crippen molar-refractivity contribution in [2.45, 2.75) is 37.6 Å². The minimum absolute atomic E-state index is 0.168. The predicted molar refractivity (Wildman–Crippen MR) is 40.9 cm³/mol. The van der Waals surface area contributed by atoms with Gasteiger partial charge >= 0.3 is 0 Å². The molecule has 1 saturated carbocycles. The summed E-state index contributed by atoms with van der Waals surface area (Å²) in [6.45, 7) is 0. The standard InChI is InChI=1S/C8H15NO/c1-9-8(7-10)5-3-2-4-6-8/h7,9H,2-6H2,1H3. The molecule has 1 N–H and O–H groups in total. The van der Waals surface area contributed by atoms with E-state index in [-0.39, 0.29) is 5.54 Å². The van der Waals surface area contributed by atoms with E-state index in [0.717, 1.165) is 19.1 Å². The molecule has 0 atom stereocenters. The fourth-order valence-corrected chi connectivity index (χ4v) is 1.61. The molecule has 1 rings (SSSR count). The summed E-state index contributed by atoms with van der Waals surface area (Å²) in [6, 6.07) is 0. The molecule has 1 aliphatic carbocycles. The summed E-state index contributed by atoms with van der Waals surface area (Å²) < 4.78 is 0. The van der Waals surface area contributed by atoms with Crippen LogP contribution in [0, 0.1) is 0 Å². The topological polar surface area (TPSA) is 29.1 Å². The van der Waals surface area contributed by atoms with E-state index in [2.05, 4.69) is 5.32 Å². The first-order valence-electron chi connectivity index (χ1n) is 3.98. The van der Waals surface area contributed by atoms with Crippen molar-refractivity contribution < 1.29 is 4.79 Å². The molecule has 0 radical (unpaired) electrons. The van der Waals surface area contributed by atoms with Crippen LogP contribution in [0.1, 0.15) is 32.1 Å². The first kappa shape index (κ1) is 7.73. The lowest BCUT2D eigenvalue weighted by molar-refractivity contribution is -0.114. The number of nitrogens with one attached hydrogen (secondary N) is 1. The van der Waals surface area contributed by atoms with Gasteiger partial charge in [0.1, 0.15) is 6.29 Å². The molecule has 0 unspecified atom stereocenters. The molecule has 1 fully saturated rings. The molecule has 0 spiro atoms. The molecular formula is C8H15NO. The van der Waals surface area contributed by atoms with E-state index in [4.69, 9.17) is 0 Å². The Kier molecular flexibility index (Phi) is 2.44. The van der Waals surface area contributed by atoms with Crippen molar-refractivity contribution >= 4 is 6.29 Å². The molecule has 10 heavy (non-hydrogen) atoms. The first-order chi connectivity index (χ1) is 4.83. The quantitative estimate of drug-likeness (QED) is 0.584. The third kappa shape index (κ3) is 1.37. The van der Waals surface area contributed by atoms with Crippen molar-refractivity contribution in [2.75, 3.05) is 7.05 Å². The van der Waals surface area contributed by atoms with Crippen LogP contribution in [0.3, 0.4) is 0 Å². The molecule has 0 aromatic rings. The van der Waals surface area contributed by atoms with Crippen LogP contribution < -0.4 is 5.32 Å². The van der Waals surface area contributed by atoms with Gasteiger partial charge in [-0.15, -0.1) is 0 Å². The van der Waals surface area contributed by atoms with E-state index in [1.165, 1.54) is 19.3 Å². The second kappa shape index (κ2) is 3.15. The Morgan fingerprint density at radius 3 is 2.20 bits per heavy atom. The summed E-state index contributed by atoms with van der Waals surface area (Å²) in [7, 11) is 1.87. The number of likely N-dealkylation sites (N-methyl/N-ethyl adjacent to an activating group) is 1.